The molecule has 2 aliphatic heterocycles. The maximum absolute atomic E-state index is 13.7. The van der Waals surface area contributed by atoms with E-state index in [9.17, 15) is 19.7 Å². The molecule has 0 spiro atoms. The third kappa shape index (κ3) is 4.86. The second-order valence-electron chi connectivity index (χ2n) is 9.44. The minimum Gasteiger partial charge on any atom is -0.325 e. The maximum Gasteiger partial charge on any atom is 0.321 e. The SMILES string of the molecule is O=C(Nc1ccc([N+](=O)[O-])cc1)N1CCCC(C2(Cc3cccc(Cl)c3)C(=O)Nc3cc(Cl)ccc32)C1. The number of nitro groups is 1. The van der Waals surface area contributed by atoms with Gasteiger partial charge in [-0.2, -0.15) is 0 Å². The largest absolute Gasteiger partial charge is 0.325 e. The molecule has 3 aromatic carbocycles. The van der Waals surface area contributed by atoms with Crippen LogP contribution in [-0.2, 0) is 16.6 Å². The van der Waals surface area contributed by atoms with Crippen LogP contribution in [0, 0.1) is 16.0 Å². The molecular weight excluding hydrogens is 515 g/mol. The van der Waals surface area contributed by atoms with Gasteiger partial charge >= 0.3 is 6.03 Å². The lowest BCUT2D eigenvalue weighted by Crippen LogP contribution is -2.52. The summed E-state index contributed by atoms with van der Waals surface area (Å²) in [5.41, 5.74) is 1.99. The molecule has 8 nitrogen and oxygen atoms in total. The van der Waals surface area contributed by atoms with Crippen molar-refractivity contribution < 1.29 is 14.5 Å². The molecule has 37 heavy (non-hydrogen) atoms. The number of anilines is 2. The number of halogens is 2. The van der Waals surface area contributed by atoms with Crippen molar-refractivity contribution >= 4 is 52.2 Å². The third-order valence-electron chi connectivity index (χ3n) is 7.22. The number of hydrogen-bond donors (Lipinski definition) is 2. The normalized spacial score (nSPS) is 20.8. The number of benzene rings is 3. The Labute approximate surface area is 223 Å². The van der Waals surface area contributed by atoms with E-state index >= 15 is 0 Å². The number of nitro benzene ring substituents is 1. The number of carbonyl (C=O) groups excluding carboxylic acids is 2. The standard InChI is InChI=1S/C27H24Cl2N4O4/c28-19-5-1-3-17(13-19)15-27(23-11-6-20(29)14-24(23)31-25(27)34)18-4-2-12-32(16-18)26(35)30-21-7-9-22(10-8-21)33(36)37/h1,3,5-11,13-14,18H,2,4,12,15-16H2,(H,30,35)(H,31,34). The van der Waals surface area contributed by atoms with Gasteiger partial charge in [-0.05, 0) is 72.7 Å². The summed E-state index contributed by atoms with van der Waals surface area (Å²) < 4.78 is 0. The first kappa shape index (κ1) is 25.0. The summed E-state index contributed by atoms with van der Waals surface area (Å²) in [5.74, 6) is -0.280. The van der Waals surface area contributed by atoms with Crippen LogP contribution in [0.3, 0.4) is 0 Å². The Kier molecular flexibility index (Phi) is 6.79. The lowest BCUT2D eigenvalue weighted by molar-refractivity contribution is -0.384. The smallest absolute Gasteiger partial charge is 0.321 e. The van der Waals surface area contributed by atoms with Gasteiger partial charge in [-0.1, -0.05) is 41.4 Å². The van der Waals surface area contributed by atoms with E-state index in [1.54, 1.807) is 23.1 Å². The van der Waals surface area contributed by atoms with Crippen molar-refractivity contribution in [1.82, 2.24) is 4.90 Å². The van der Waals surface area contributed by atoms with E-state index in [2.05, 4.69) is 10.6 Å². The molecule has 2 N–H and O–H groups in total. The molecule has 2 heterocycles. The van der Waals surface area contributed by atoms with Crippen LogP contribution in [0.1, 0.15) is 24.0 Å². The predicted molar refractivity (Wildman–Crippen MR) is 143 cm³/mol. The number of nitrogens with zero attached hydrogens (tertiary/aromatic N) is 2. The summed E-state index contributed by atoms with van der Waals surface area (Å²) >= 11 is 12.5. The lowest BCUT2D eigenvalue weighted by Gasteiger charge is -2.42. The first-order valence-corrected chi connectivity index (χ1v) is 12.7. The molecular formula is C27H24Cl2N4O4. The fourth-order valence-electron chi connectivity index (χ4n) is 5.49. The van der Waals surface area contributed by atoms with Gasteiger partial charge in [0.25, 0.3) is 5.69 Å². The van der Waals surface area contributed by atoms with Crippen LogP contribution in [0.4, 0.5) is 21.9 Å². The molecule has 0 aromatic heterocycles. The zero-order valence-electron chi connectivity index (χ0n) is 19.7. The van der Waals surface area contributed by atoms with Crippen molar-refractivity contribution in [3.8, 4) is 0 Å². The first-order chi connectivity index (χ1) is 17.8. The lowest BCUT2D eigenvalue weighted by atomic mass is 9.65. The number of rotatable bonds is 5. The third-order valence-corrected chi connectivity index (χ3v) is 7.69. The van der Waals surface area contributed by atoms with Crippen molar-refractivity contribution in [2.75, 3.05) is 23.7 Å². The van der Waals surface area contributed by atoms with E-state index in [1.165, 1.54) is 24.3 Å². The van der Waals surface area contributed by atoms with Crippen LogP contribution in [0.25, 0.3) is 0 Å². The molecule has 2 atom stereocenters. The maximum atomic E-state index is 13.7. The minimum atomic E-state index is -0.906. The average molecular weight is 539 g/mol. The molecule has 190 valence electrons. The van der Waals surface area contributed by atoms with Crippen molar-refractivity contribution in [2.24, 2.45) is 5.92 Å². The number of amides is 3. The number of non-ortho nitro benzene ring substituents is 1. The summed E-state index contributed by atoms with van der Waals surface area (Å²) in [4.78, 5) is 39.1. The van der Waals surface area contributed by atoms with Crippen LogP contribution in [0.5, 0.6) is 0 Å². The second kappa shape index (κ2) is 10.0. The van der Waals surface area contributed by atoms with Crippen molar-refractivity contribution in [2.45, 2.75) is 24.7 Å². The van der Waals surface area contributed by atoms with E-state index in [-0.39, 0.29) is 23.5 Å². The van der Waals surface area contributed by atoms with Crippen molar-refractivity contribution in [1.29, 1.82) is 0 Å². The Morgan fingerprint density at radius 1 is 1.11 bits per heavy atom. The molecule has 3 amide bonds. The van der Waals surface area contributed by atoms with Gasteiger partial charge in [-0.15, -0.1) is 0 Å². The molecule has 2 unspecified atom stereocenters. The van der Waals surface area contributed by atoms with Crippen LogP contribution in [0.2, 0.25) is 10.0 Å². The molecule has 5 rings (SSSR count). The molecule has 0 bridgehead atoms. The summed E-state index contributed by atoms with van der Waals surface area (Å²) in [7, 11) is 0. The second-order valence-corrected chi connectivity index (χ2v) is 10.3. The monoisotopic (exact) mass is 538 g/mol. The number of piperidine rings is 1. The van der Waals surface area contributed by atoms with Gasteiger partial charge in [0.1, 0.15) is 0 Å². The van der Waals surface area contributed by atoms with Gasteiger partial charge in [0.2, 0.25) is 5.91 Å². The van der Waals surface area contributed by atoms with Crippen molar-refractivity contribution in [3.05, 3.63) is 98.0 Å². The topological polar surface area (TPSA) is 105 Å². The highest BCUT2D eigenvalue weighted by molar-refractivity contribution is 6.31. The number of nitrogens with one attached hydrogen (secondary N) is 2. The molecule has 3 aromatic rings. The van der Waals surface area contributed by atoms with Gasteiger partial charge in [-0.25, -0.2) is 4.79 Å². The fraction of sp³-hybridized carbons (Fsp3) is 0.259. The van der Waals surface area contributed by atoms with Crippen LogP contribution in [-0.4, -0.2) is 34.9 Å². The van der Waals surface area contributed by atoms with E-state index in [4.69, 9.17) is 23.2 Å². The highest BCUT2D eigenvalue weighted by atomic mass is 35.5. The van der Waals surface area contributed by atoms with Crippen LogP contribution < -0.4 is 10.6 Å². The number of urea groups is 1. The van der Waals surface area contributed by atoms with E-state index in [1.807, 2.05) is 24.3 Å². The minimum absolute atomic E-state index is 0.0509. The van der Waals surface area contributed by atoms with Gasteiger partial charge in [0.15, 0.2) is 0 Å². The molecule has 1 fully saturated rings. The zero-order valence-corrected chi connectivity index (χ0v) is 21.3. The highest BCUT2D eigenvalue weighted by Crippen LogP contribution is 2.49. The summed E-state index contributed by atoms with van der Waals surface area (Å²) in [6.45, 7) is 0.909. The van der Waals surface area contributed by atoms with Gasteiger partial charge < -0.3 is 15.5 Å². The molecule has 0 radical (unpaired) electrons. The molecule has 10 heteroatoms. The van der Waals surface area contributed by atoms with E-state index in [0.717, 1.165) is 24.0 Å². The Hall–Kier alpha value is -3.62. The van der Waals surface area contributed by atoms with Gasteiger partial charge in [0.05, 0.1) is 10.3 Å². The van der Waals surface area contributed by atoms with E-state index in [0.29, 0.717) is 40.9 Å². The quantitative estimate of drug-likeness (QED) is 0.294. The highest BCUT2D eigenvalue weighted by Gasteiger charge is 2.53. The predicted octanol–water partition coefficient (Wildman–Crippen LogP) is 6.28. The number of likely N-dealkylation sites (tertiary alicyclic amines) is 1. The van der Waals surface area contributed by atoms with E-state index < -0.39 is 10.3 Å². The Bertz CT molecular complexity index is 1380. The van der Waals surface area contributed by atoms with Gasteiger partial charge in [-0.3, -0.25) is 14.9 Å². The average Bonchev–Trinajstić information content (AvgIpc) is 3.15. The fourth-order valence-corrected chi connectivity index (χ4v) is 5.88. The Balaban J connectivity index is 1.44. The first-order valence-electron chi connectivity index (χ1n) is 11.9. The Morgan fingerprint density at radius 3 is 2.59 bits per heavy atom. The Morgan fingerprint density at radius 2 is 1.86 bits per heavy atom. The molecule has 0 saturated carbocycles. The van der Waals surface area contributed by atoms with Gasteiger partial charge in [0, 0.05) is 46.6 Å². The van der Waals surface area contributed by atoms with Crippen LogP contribution >= 0.6 is 23.2 Å². The molecule has 2 aliphatic rings. The molecule has 0 aliphatic carbocycles. The summed E-state index contributed by atoms with van der Waals surface area (Å²) in [6.07, 6.45) is 1.92. The number of hydrogen-bond acceptors (Lipinski definition) is 4. The summed E-state index contributed by atoms with van der Waals surface area (Å²) in [6, 6.07) is 18.3. The number of fused-ring (bicyclic) bond motifs is 1. The zero-order chi connectivity index (χ0) is 26.2. The van der Waals surface area contributed by atoms with Crippen LogP contribution in [0.15, 0.2) is 66.7 Å². The summed E-state index contributed by atoms with van der Waals surface area (Å²) in [5, 5.41) is 17.9. The number of carbonyl (C=O) groups is 2. The molecule has 1 saturated heterocycles. The van der Waals surface area contributed by atoms with Crippen molar-refractivity contribution in [3.63, 3.8) is 0 Å².